The van der Waals surface area contributed by atoms with Gasteiger partial charge in [0.1, 0.15) is 5.82 Å². The van der Waals surface area contributed by atoms with Gasteiger partial charge in [-0.2, -0.15) is 4.99 Å². The van der Waals surface area contributed by atoms with Gasteiger partial charge in [0.25, 0.3) is 0 Å². The Bertz CT molecular complexity index is 448. The van der Waals surface area contributed by atoms with Crippen LogP contribution in [-0.2, 0) is 6.42 Å². The van der Waals surface area contributed by atoms with E-state index in [0.29, 0.717) is 6.42 Å². The van der Waals surface area contributed by atoms with Crippen molar-refractivity contribution in [1.82, 2.24) is 0 Å². The smallest absolute Gasteiger partial charge is 0.348 e. The fourth-order valence-corrected chi connectivity index (χ4v) is 1.48. The molecule has 0 aliphatic rings. The van der Waals surface area contributed by atoms with Crippen LogP contribution in [-0.4, -0.2) is 12.0 Å². The van der Waals surface area contributed by atoms with Gasteiger partial charge < -0.3 is 16.8 Å². The summed E-state index contributed by atoms with van der Waals surface area (Å²) in [6.45, 7) is 1.86. The van der Waals surface area contributed by atoms with E-state index in [1.807, 2.05) is 6.92 Å². The van der Waals surface area contributed by atoms with E-state index in [4.69, 9.17) is 23.1 Å². The van der Waals surface area contributed by atoms with Crippen LogP contribution in [0.4, 0.5) is 14.9 Å². The number of halogens is 2. The lowest BCUT2D eigenvalue weighted by atomic mass is 10.1. The van der Waals surface area contributed by atoms with Crippen LogP contribution < -0.4 is 16.8 Å². The SMILES string of the molecule is CCc1cc(F)c(NC(=O)N=C(N)N)c(Cl)c1. The Kier molecular flexibility index (Phi) is 4.28. The minimum Gasteiger partial charge on any atom is -0.370 e. The number of urea groups is 1. The van der Waals surface area contributed by atoms with Gasteiger partial charge in [0, 0.05) is 0 Å². The van der Waals surface area contributed by atoms with Gasteiger partial charge in [0.05, 0.1) is 10.7 Å². The molecule has 0 bridgehead atoms. The van der Waals surface area contributed by atoms with Crippen molar-refractivity contribution in [2.45, 2.75) is 13.3 Å². The second-order valence-electron chi connectivity index (χ2n) is 3.25. The van der Waals surface area contributed by atoms with Crippen molar-refractivity contribution in [3.8, 4) is 0 Å². The monoisotopic (exact) mass is 258 g/mol. The number of nitrogens with one attached hydrogen (secondary N) is 1. The summed E-state index contributed by atoms with van der Waals surface area (Å²) in [6.07, 6.45) is 0.638. The van der Waals surface area contributed by atoms with Crippen molar-refractivity contribution in [1.29, 1.82) is 0 Å². The zero-order chi connectivity index (χ0) is 13.0. The number of carbonyl (C=O) groups excluding carboxylic acids is 1. The highest BCUT2D eigenvalue weighted by Crippen LogP contribution is 2.27. The molecule has 0 radical (unpaired) electrons. The standard InChI is InChI=1S/C10H12ClFN4O/c1-2-5-3-6(11)8(7(12)4-5)15-10(17)16-9(13)14/h3-4H,2H2,1H3,(H5,13,14,15,16,17). The fourth-order valence-electron chi connectivity index (χ4n) is 1.20. The van der Waals surface area contributed by atoms with E-state index in [2.05, 4.69) is 10.3 Å². The minimum absolute atomic E-state index is 0.0981. The van der Waals surface area contributed by atoms with Crippen molar-refractivity contribution in [2.24, 2.45) is 16.5 Å². The van der Waals surface area contributed by atoms with E-state index < -0.39 is 17.8 Å². The first-order chi connectivity index (χ1) is 7.93. The Hall–Kier alpha value is -1.82. The van der Waals surface area contributed by atoms with Crippen molar-refractivity contribution in [3.63, 3.8) is 0 Å². The van der Waals surface area contributed by atoms with Crippen LogP contribution in [0.25, 0.3) is 0 Å². The number of aryl methyl sites for hydroxylation is 1. The average molecular weight is 259 g/mol. The largest absolute Gasteiger partial charge is 0.370 e. The summed E-state index contributed by atoms with van der Waals surface area (Å²) >= 11 is 5.83. The third kappa shape index (κ3) is 3.60. The Morgan fingerprint density at radius 2 is 2.18 bits per heavy atom. The first kappa shape index (κ1) is 13.2. The number of amides is 2. The number of aliphatic imine (C=N–C) groups is 1. The molecule has 1 aromatic rings. The van der Waals surface area contributed by atoms with Gasteiger partial charge in [-0.25, -0.2) is 9.18 Å². The summed E-state index contributed by atoms with van der Waals surface area (Å²) in [5, 5.41) is 2.27. The molecule has 0 aliphatic heterocycles. The molecule has 0 heterocycles. The van der Waals surface area contributed by atoms with Crippen LogP contribution in [0.2, 0.25) is 5.02 Å². The Morgan fingerprint density at radius 1 is 1.53 bits per heavy atom. The number of nitrogens with two attached hydrogens (primary N) is 2. The molecular formula is C10H12ClFN4O. The summed E-state index contributed by atoms with van der Waals surface area (Å²) < 4.78 is 13.6. The van der Waals surface area contributed by atoms with Crippen molar-refractivity contribution in [3.05, 3.63) is 28.5 Å². The maximum absolute atomic E-state index is 13.6. The highest BCUT2D eigenvalue weighted by molar-refractivity contribution is 6.33. The highest BCUT2D eigenvalue weighted by atomic mass is 35.5. The molecular weight excluding hydrogens is 247 g/mol. The summed E-state index contributed by atoms with van der Waals surface area (Å²) in [4.78, 5) is 14.4. The second kappa shape index (κ2) is 5.49. The third-order valence-electron chi connectivity index (χ3n) is 1.97. The van der Waals surface area contributed by atoms with Gasteiger partial charge >= 0.3 is 6.03 Å². The van der Waals surface area contributed by atoms with Crippen LogP contribution in [0.1, 0.15) is 12.5 Å². The summed E-state index contributed by atoms with van der Waals surface area (Å²) in [7, 11) is 0. The maximum Gasteiger partial charge on any atom is 0.348 e. The molecule has 1 rings (SSSR count). The summed E-state index contributed by atoms with van der Waals surface area (Å²) in [5.41, 5.74) is 10.6. The molecule has 0 unspecified atom stereocenters. The topological polar surface area (TPSA) is 93.5 Å². The van der Waals surface area contributed by atoms with Gasteiger partial charge in [-0.15, -0.1) is 0 Å². The maximum atomic E-state index is 13.6. The fraction of sp³-hybridized carbons (Fsp3) is 0.200. The number of nitrogens with zero attached hydrogens (tertiary/aromatic N) is 1. The van der Waals surface area contributed by atoms with Crippen molar-refractivity contribution < 1.29 is 9.18 Å². The first-order valence-corrected chi connectivity index (χ1v) is 5.20. The number of carbonyl (C=O) groups is 1. The van der Waals surface area contributed by atoms with Crippen LogP contribution >= 0.6 is 11.6 Å². The molecule has 0 aromatic heterocycles. The lowest BCUT2D eigenvalue weighted by molar-refractivity contribution is 0.259. The number of hydrogen-bond acceptors (Lipinski definition) is 1. The minimum atomic E-state index is -0.880. The predicted octanol–water partition coefficient (Wildman–Crippen LogP) is 1.85. The molecule has 0 saturated heterocycles. The lowest BCUT2D eigenvalue weighted by Gasteiger charge is -2.08. The van der Waals surface area contributed by atoms with Gasteiger partial charge in [-0.05, 0) is 24.1 Å². The summed E-state index contributed by atoms with van der Waals surface area (Å²) in [6, 6.07) is 1.97. The molecule has 92 valence electrons. The quantitative estimate of drug-likeness (QED) is 0.558. The number of hydrogen-bond donors (Lipinski definition) is 3. The highest BCUT2D eigenvalue weighted by Gasteiger charge is 2.12. The molecule has 7 heteroatoms. The molecule has 5 N–H and O–H groups in total. The van der Waals surface area contributed by atoms with Crippen molar-refractivity contribution >= 4 is 29.3 Å². The molecule has 17 heavy (non-hydrogen) atoms. The molecule has 1 aromatic carbocycles. The molecule has 0 atom stereocenters. The second-order valence-corrected chi connectivity index (χ2v) is 3.66. The van der Waals surface area contributed by atoms with Crippen LogP contribution in [0.3, 0.4) is 0 Å². The average Bonchev–Trinajstić information content (AvgIpc) is 2.22. The normalized spacial score (nSPS) is 9.82. The van der Waals surface area contributed by atoms with Gasteiger partial charge in [0.2, 0.25) is 0 Å². The molecule has 2 amide bonds. The number of rotatable bonds is 2. The van der Waals surface area contributed by atoms with E-state index in [1.165, 1.54) is 6.07 Å². The van der Waals surface area contributed by atoms with E-state index in [9.17, 15) is 9.18 Å². The van der Waals surface area contributed by atoms with E-state index in [-0.39, 0.29) is 10.7 Å². The Balaban J connectivity index is 3.00. The predicted molar refractivity (Wildman–Crippen MR) is 65.6 cm³/mol. The Morgan fingerprint density at radius 3 is 2.65 bits per heavy atom. The van der Waals surface area contributed by atoms with Crippen LogP contribution in [0.15, 0.2) is 17.1 Å². The van der Waals surface area contributed by atoms with Crippen LogP contribution in [0.5, 0.6) is 0 Å². The number of benzene rings is 1. The van der Waals surface area contributed by atoms with Gasteiger partial charge in [-0.3, -0.25) is 0 Å². The first-order valence-electron chi connectivity index (χ1n) is 4.82. The van der Waals surface area contributed by atoms with E-state index in [0.717, 1.165) is 5.56 Å². The lowest BCUT2D eigenvalue weighted by Crippen LogP contribution is -2.25. The third-order valence-corrected chi connectivity index (χ3v) is 2.27. The summed E-state index contributed by atoms with van der Waals surface area (Å²) in [5.74, 6) is -1.04. The molecule has 0 spiro atoms. The van der Waals surface area contributed by atoms with Crippen LogP contribution in [0, 0.1) is 5.82 Å². The number of guanidine groups is 1. The molecule has 0 fully saturated rings. The zero-order valence-electron chi connectivity index (χ0n) is 9.13. The van der Waals surface area contributed by atoms with Gasteiger partial charge in [-0.1, -0.05) is 18.5 Å². The van der Waals surface area contributed by atoms with Crippen molar-refractivity contribution in [2.75, 3.05) is 5.32 Å². The molecule has 5 nitrogen and oxygen atoms in total. The van der Waals surface area contributed by atoms with E-state index >= 15 is 0 Å². The molecule has 0 saturated carbocycles. The van der Waals surface area contributed by atoms with E-state index in [1.54, 1.807) is 6.07 Å². The van der Waals surface area contributed by atoms with Gasteiger partial charge in [0.15, 0.2) is 5.96 Å². The number of anilines is 1. The Labute approximate surface area is 103 Å². The zero-order valence-corrected chi connectivity index (χ0v) is 9.88. The molecule has 0 aliphatic carbocycles.